The van der Waals surface area contributed by atoms with Gasteiger partial charge in [0.2, 0.25) is 0 Å². The molecule has 2 aromatic carbocycles. The SMILES string of the molecule is Cl.N[C@H](c1ccc(Oc2ccccc2)cc1)C1CCCCC1. The highest BCUT2D eigenvalue weighted by Crippen LogP contribution is 2.33. The van der Waals surface area contributed by atoms with Crippen molar-refractivity contribution in [1.82, 2.24) is 0 Å². The molecule has 1 aliphatic rings. The standard InChI is InChI=1S/C19H23NO.ClH/c20-19(15-7-3-1-4-8-15)16-11-13-18(14-12-16)21-17-9-5-2-6-10-17;/h2,5-6,9-15,19H,1,3-4,7-8,20H2;1H/t19-;/m0./s1. The Morgan fingerprint density at radius 2 is 1.41 bits per heavy atom. The molecule has 118 valence electrons. The van der Waals surface area contributed by atoms with Crippen LogP contribution in [0.2, 0.25) is 0 Å². The number of para-hydroxylation sites is 1. The summed E-state index contributed by atoms with van der Waals surface area (Å²) in [6.45, 7) is 0. The second-order valence-electron chi connectivity index (χ2n) is 5.91. The van der Waals surface area contributed by atoms with Gasteiger partial charge in [0.15, 0.2) is 0 Å². The molecular weight excluding hydrogens is 294 g/mol. The van der Waals surface area contributed by atoms with E-state index in [2.05, 4.69) is 12.1 Å². The van der Waals surface area contributed by atoms with Crippen LogP contribution in [0, 0.1) is 5.92 Å². The molecule has 2 aromatic rings. The maximum atomic E-state index is 6.43. The van der Waals surface area contributed by atoms with Crippen molar-refractivity contribution in [3.05, 3.63) is 60.2 Å². The van der Waals surface area contributed by atoms with Crippen molar-refractivity contribution < 1.29 is 4.74 Å². The van der Waals surface area contributed by atoms with Crippen molar-refractivity contribution in [3.8, 4) is 11.5 Å². The third-order valence-corrected chi connectivity index (χ3v) is 4.40. The Balaban J connectivity index is 0.00000176. The monoisotopic (exact) mass is 317 g/mol. The van der Waals surface area contributed by atoms with Crippen LogP contribution < -0.4 is 10.5 Å². The molecule has 0 aromatic heterocycles. The Morgan fingerprint density at radius 1 is 0.818 bits per heavy atom. The lowest BCUT2D eigenvalue weighted by molar-refractivity contribution is 0.308. The molecule has 0 saturated heterocycles. The highest BCUT2D eigenvalue weighted by Gasteiger charge is 2.21. The van der Waals surface area contributed by atoms with Gasteiger partial charge < -0.3 is 10.5 Å². The van der Waals surface area contributed by atoms with E-state index in [1.165, 1.54) is 37.7 Å². The lowest BCUT2D eigenvalue weighted by Gasteiger charge is -2.27. The largest absolute Gasteiger partial charge is 0.457 e. The fourth-order valence-corrected chi connectivity index (χ4v) is 3.15. The molecule has 0 amide bonds. The van der Waals surface area contributed by atoms with Crippen LogP contribution in [-0.4, -0.2) is 0 Å². The van der Waals surface area contributed by atoms with Crippen molar-refractivity contribution in [3.63, 3.8) is 0 Å². The number of hydrogen-bond acceptors (Lipinski definition) is 2. The molecule has 1 saturated carbocycles. The van der Waals surface area contributed by atoms with E-state index in [1.54, 1.807) is 0 Å². The van der Waals surface area contributed by atoms with Crippen LogP contribution in [0.1, 0.15) is 43.7 Å². The second kappa shape index (κ2) is 8.21. The minimum absolute atomic E-state index is 0. The zero-order chi connectivity index (χ0) is 14.5. The van der Waals surface area contributed by atoms with Crippen molar-refractivity contribution >= 4 is 12.4 Å². The van der Waals surface area contributed by atoms with Crippen molar-refractivity contribution in [2.24, 2.45) is 11.7 Å². The molecule has 1 fully saturated rings. The minimum Gasteiger partial charge on any atom is -0.457 e. The Morgan fingerprint density at radius 3 is 2.05 bits per heavy atom. The first kappa shape index (κ1) is 16.9. The van der Waals surface area contributed by atoms with Gasteiger partial charge in [0.25, 0.3) is 0 Å². The van der Waals surface area contributed by atoms with Gasteiger partial charge in [0.05, 0.1) is 0 Å². The lowest BCUT2D eigenvalue weighted by atomic mass is 9.81. The van der Waals surface area contributed by atoms with Crippen LogP contribution >= 0.6 is 12.4 Å². The molecule has 2 N–H and O–H groups in total. The van der Waals surface area contributed by atoms with Crippen LogP contribution in [0.5, 0.6) is 11.5 Å². The summed E-state index contributed by atoms with van der Waals surface area (Å²) in [6.07, 6.45) is 6.56. The Hall–Kier alpha value is -1.51. The summed E-state index contributed by atoms with van der Waals surface area (Å²) in [6, 6.07) is 18.3. The molecule has 0 spiro atoms. The van der Waals surface area contributed by atoms with E-state index >= 15 is 0 Å². The maximum absolute atomic E-state index is 6.43. The van der Waals surface area contributed by atoms with Gasteiger partial charge in [-0.15, -0.1) is 12.4 Å². The quantitative estimate of drug-likeness (QED) is 0.810. The fourth-order valence-electron chi connectivity index (χ4n) is 3.15. The number of halogens is 1. The van der Waals surface area contributed by atoms with Gasteiger partial charge in [-0.2, -0.15) is 0 Å². The van der Waals surface area contributed by atoms with Gasteiger partial charge in [-0.05, 0) is 48.6 Å². The van der Waals surface area contributed by atoms with Gasteiger partial charge in [-0.1, -0.05) is 49.6 Å². The van der Waals surface area contributed by atoms with Crippen LogP contribution in [-0.2, 0) is 0 Å². The topological polar surface area (TPSA) is 35.2 Å². The average molecular weight is 318 g/mol. The van der Waals surface area contributed by atoms with Gasteiger partial charge >= 0.3 is 0 Å². The number of rotatable bonds is 4. The van der Waals surface area contributed by atoms with Gasteiger partial charge in [-0.3, -0.25) is 0 Å². The zero-order valence-electron chi connectivity index (χ0n) is 12.8. The first-order valence-corrected chi connectivity index (χ1v) is 7.91. The minimum atomic E-state index is 0. The molecule has 0 bridgehead atoms. The summed E-state index contributed by atoms with van der Waals surface area (Å²) >= 11 is 0. The molecule has 2 nitrogen and oxygen atoms in total. The zero-order valence-corrected chi connectivity index (χ0v) is 13.6. The van der Waals surface area contributed by atoms with Crippen molar-refractivity contribution in [2.75, 3.05) is 0 Å². The predicted octanol–water partition coefficient (Wildman–Crippen LogP) is 5.48. The molecule has 0 radical (unpaired) electrons. The molecular formula is C19H24ClNO. The van der Waals surface area contributed by atoms with Crippen LogP contribution in [0.25, 0.3) is 0 Å². The first-order chi connectivity index (χ1) is 10.3. The predicted molar refractivity (Wildman–Crippen MR) is 93.7 cm³/mol. The lowest BCUT2D eigenvalue weighted by Crippen LogP contribution is -2.23. The number of benzene rings is 2. The Kier molecular flexibility index (Phi) is 6.29. The third-order valence-electron chi connectivity index (χ3n) is 4.40. The Labute approximate surface area is 139 Å². The molecule has 22 heavy (non-hydrogen) atoms. The van der Waals surface area contributed by atoms with Gasteiger partial charge in [-0.25, -0.2) is 0 Å². The van der Waals surface area contributed by atoms with E-state index in [0.717, 1.165) is 11.5 Å². The summed E-state index contributed by atoms with van der Waals surface area (Å²) in [7, 11) is 0. The van der Waals surface area contributed by atoms with E-state index in [0.29, 0.717) is 5.92 Å². The fraction of sp³-hybridized carbons (Fsp3) is 0.368. The van der Waals surface area contributed by atoms with E-state index in [4.69, 9.17) is 10.5 Å². The highest BCUT2D eigenvalue weighted by atomic mass is 35.5. The second-order valence-corrected chi connectivity index (χ2v) is 5.91. The third kappa shape index (κ3) is 4.25. The molecule has 0 heterocycles. The maximum Gasteiger partial charge on any atom is 0.127 e. The molecule has 1 aliphatic carbocycles. The van der Waals surface area contributed by atoms with E-state index in [1.807, 2.05) is 42.5 Å². The molecule has 3 rings (SSSR count). The summed E-state index contributed by atoms with van der Waals surface area (Å²) in [5.41, 5.74) is 7.66. The van der Waals surface area contributed by atoms with Crippen molar-refractivity contribution in [2.45, 2.75) is 38.1 Å². The van der Waals surface area contributed by atoms with Crippen LogP contribution in [0.4, 0.5) is 0 Å². The molecule has 1 atom stereocenters. The normalized spacial score (nSPS) is 16.6. The molecule has 0 unspecified atom stereocenters. The van der Waals surface area contributed by atoms with E-state index < -0.39 is 0 Å². The summed E-state index contributed by atoms with van der Waals surface area (Å²) in [5, 5.41) is 0. The van der Waals surface area contributed by atoms with Crippen LogP contribution in [0.3, 0.4) is 0 Å². The molecule has 0 aliphatic heterocycles. The molecule has 3 heteroatoms. The van der Waals surface area contributed by atoms with Crippen LogP contribution in [0.15, 0.2) is 54.6 Å². The van der Waals surface area contributed by atoms with Crippen molar-refractivity contribution in [1.29, 1.82) is 0 Å². The van der Waals surface area contributed by atoms with E-state index in [-0.39, 0.29) is 18.4 Å². The Bertz CT molecular complexity index is 549. The van der Waals surface area contributed by atoms with E-state index in [9.17, 15) is 0 Å². The summed E-state index contributed by atoms with van der Waals surface area (Å²) in [4.78, 5) is 0. The number of nitrogens with two attached hydrogens (primary N) is 1. The smallest absolute Gasteiger partial charge is 0.127 e. The average Bonchev–Trinajstić information content (AvgIpc) is 2.57. The number of ether oxygens (including phenoxy) is 1. The summed E-state index contributed by atoms with van der Waals surface area (Å²) in [5.74, 6) is 2.36. The number of hydrogen-bond donors (Lipinski definition) is 1. The summed E-state index contributed by atoms with van der Waals surface area (Å²) < 4.78 is 5.82. The highest BCUT2D eigenvalue weighted by molar-refractivity contribution is 5.85. The van der Waals surface area contributed by atoms with Gasteiger partial charge in [0.1, 0.15) is 11.5 Å². The van der Waals surface area contributed by atoms with Gasteiger partial charge in [0, 0.05) is 6.04 Å². The first-order valence-electron chi connectivity index (χ1n) is 7.91.